The van der Waals surface area contributed by atoms with Crippen LogP contribution >= 0.6 is 27.3 Å². The number of aryl methyl sites for hydroxylation is 2. The van der Waals surface area contributed by atoms with Gasteiger partial charge in [-0.2, -0.15) is 0 Å². The Kier molecular flexibility index (Phi) is 5.24. The molecule has 0 aliphatic carbocycles. The Bertz CT molecular complexity index is 582. The topological polar surface area (TPSA) is 35.2 Å². The molecule has 1 aromatic carbocycles. The Morgan fingerprint density at radius 1 is 1.25 bits per heavy atom. The van der Waals surface area contributed by atoms with E-state index in [1.165, 1.54) is 10.4 Å². The SMILES string of the molecule is CCC(N)C(Oc1ccc(Br)c(C)c1)c1sccc1C. The third-order valence-electron chi connectivity index (χ3n) is 3.41. The van der Waals surface area contributed by atoms with Crippen molar-refractivity contribution in [2.45, 2.75) is 39.3 Å². The quantitative estimate of drug-likeness (QED) is 0.821. The maximum absolute atomic E-state index is 6.27. The Labute approximate surface area is 133 Å². The van der Waals surface area contributed by atoms with Gasteiger partial charge in [-0.15, -0.1) is 11.3 Å². The number of nitrogens with two attached hydrogens (primary N) is 1. The molecular formula is C16H20BrNOS. The highest BCUT2D eigenvalue weighted by molar-refractivity contribution is 9.10. The highest BCUT2D eigenvalue weighted by Crippen LogP contribution is 2.32. The Hall–Kier alpha value is -0.840. The second-order valence-corrected chi connectivity index (χ2v) is 6.79. The molecular weight excluding hydrogens is 334 g/mol. The molecule has 0 spiro atoms. The van der Waals surface area contributed by atoms with E-state index in [0.29, 0.717) is 0 Å². The molecule has 108 valence electrons. The van der Waals surface area contributed by atoms with Gasteiger partial charge in [-0.1, -0.05) is 22.9 Å². The second-order valence-electron chi connectivity index (χ2n) is 4.99. The first-order valence-corrected chi connectivity index (χ1v) is 8.42. The standard InChI is InChI=1S/C16H20BrNOS/c1-4-14(18)15(16-10(2)7-8-20-16)19-12-5-6-13(17)11(3)9-12/h5-9,14-15H,4,18H2,1-3H3. The summed E-state index contributed by atoms with van der Waals surface area (Å²) in [6.07, 6.45) is 0.804. The van der Waals surface area contributed by atoms with Crippen molar-refractivity contribution < 1.29 is 4.74 Å². The summed E-state index contributed by atoms with van der Waals surface area (Å²) in [5, 5.41) is 2.09. The first kappa shape index (κ1) is 15.5. The predicted molar refractivity (Wildman–Crippen MR) is 89.6 cm³/mol. The lowest BCUT2D eigenvalue weighted by Crippen LogP contribution is -2.31. The minimum Gasteiger partial charge on any atom is -0.483 e. The molecule has 0 fully saturated rings. The smallest absolute Gasteiger partial charge is 0.148 e. The van der Waals surface area contributed by atoms with Gasteiger partial charge in [0.25, 0.3) is 0 Å². The molecule has 0 bridgehead atoms. The van der Waals surface area contributed by atoms with E-state index in [1.807, 2.05) is 18.2 Å². The molecule has 4 heteroatoms. The van der Waals surface area contributed by atoms with E-state index >= 15 is 0 Å². The number of ether oxygens (including phenoxy) is 1. The van der Waals surface area contributed by atoms with E-state index in [1.54, 1.807) is 11.3 Å². The van der Waals surface area contributed by atoms with Crippen LogP contribution in [-0.4, -0.2) is 6.04 Å². The van der Waals surface area contributed by atoms with Gasteiger partial charge in [0.2, 0.25) is 0 Å². The zero-order valence-corrected chi connectivity index (χ0v) is 14.4. The fraction of sp³-hybridized carbons (Fsp3) is 0.375. The molecule has 2 unspecified atom stereocenters. The minimum absolute atomic E-state index is 0.00342. The van der Waals surface area contributed by atoms with Gasteiger partial charge < -0.3 is 10.5 Å². The molecule has 2 rings (SSSR count). The van der Waals surface area contributed by atoms with Crippen LogP contribution in [0.3, 0.4) is 0 Å². The van der Waals surface area contributed by atoms with E-state index in [2.05, 4.69) is 48.1 Å². The summed E-state index contributed by atoms with van der Waals surface area (Å²) in [6.45, 7) is 6.26. The number of hydrogen-bond donors (Lipinski definition) is 1. The molecule has 2 N–H and O–H groups in total. The first-order chi connectivity index (χ1) is 9.52. The summed E-state index contributed by atoms with van der Waals surface area (Å²) < 4.78 is 7.28. The largest absolute Gasteiger partial charge is 0.483 e. The monoisotopic (exact) mass is 353 g/mol. The minimum atomic E-state index is -0.0828. The zero-order valence-electron chi connectivity index (χ0n) is 12.0. The maximum atomic E-state index is 6.27. The molecule has 2 atom stereocenters. The lowest BCUT2D eigenvalue weighted by Gasteiger charge is -2.24. The van der Waals surface area contributed by atoms with Crippen LogP contribution in [0.2, 0.25) is 0 Å². The van der Waals surface area contributed by atoms with Gasteiger partial charge in [0.1, 0.15) is 11.9 Å². The van der Waals surface area contributed by atoms with E-state index in [4.69, 9.17) is 10.5 Å². The predicted octanol–water partition coefficient (Wildman–Crippen LogP) is 4.98. The first-order valence-electron chi connectivity index (χ1n) is 6.75. The number of halogens is 1. The van der Waals surface area contributed by atoms with Crippen LogP contribution < -0.4 is 10.5 Å². The van der Waals surface area contributed by atoms with E-state index in [-0.39, 0.29) is 12.1 Å². The van der Waals surface area contributed by atoms with Crippen molar-refractivity contribution in [2.24, 2.45) is 5.73 Å². The van der Waals surface area contributed by atoms with Gasteiger partial charge in [0.05, 0.1) is 0 Å². The molecule has 0 amide bonds. The summed E-state index contributed by atoms with van der Waals surface area (Å²) in [5.41, 5.74) is 8.67. The lowest BCUT2D eigenvalue weighted by molar-refractivity contribution is 0.174. The van der Waals surface area contributed by atoms with Crippen molar-refractivity contribution >= 4 is 27.3 Å². The normalized spacial score (nSPS) is 14.1. The molecule has 1 aromatic heterocycles. The fourth-order valence-corrected chi connectivity index (χ4v) is 3.34. The second kappa shape index (κ2) is 6.74. The third-order valence-corrected chi connectivity index (χ3v) is 5.38. The van der Waals surface area contributed by atoms with Crippen LogP contribution in [0, 0.1) is 13.8 Å². The van der Waals surface area contributed by atoms with E-state index in [0.717, 1.165) is 22.2 Å². The van der Waals surface area contributed by atoms with Gasteiger partial charge >= 0.3 is 0 Å². The zero-order chi connectivity index (χ0) is 14.7. The average Bonchev–Trinajstić information content (AvgIpc) is 2.85. The average molecular weight is 354 g/mol. The number of benzene rings is 1. The Balaban J connectivity index is 2.28. The molecule has 2 aromatic rings. The number of thiophene rings is 1. The Morgan fingerprint density at radius 2 is 2.00 bits per heavy atom. The van der Waals surface area contributed by atoms with Gasteiger partial charge in [0, 0.05) is 15.4 Å². The molecule has 0 aliphatic heterocycles. The molecule has 0 saturated heterocycles. The van der Waals surface area contributed by atoms with Gasteiger partial charge in [-0.05, 0) is 61.0 Å². The maximum Gasteiger partial charge on any atom is 0.148 e. The summed E-state index contributed by atoms with van der Waals surface area (Å²) in [5.74, 6) is 0.868. The lowest BCUT2D eigenvalue weighted by atomic mass is 10.1. The van der Waals surface area contributed by atoms with Crippen LogP contribution in [0.15, 0.2) is 34.1 Å². The summed E-state index contributed by atoms with van der Waals surface area (Å²) in [6, 6.07) is 8.15. The molecule has 0 aliphatic rings. The third kappa shape index (κ3) is 3.43. The van der Waals surface area contributed by atoms with Crippen LogP contribution in [0.25, 0.3) is 0 Å². The van der Waals surface area contributed by atoms with Crippen molar-refractivity contribution in [3.05, 3.63) is 50.1 Å². The van der Waals surface area contributed by atoms with E-state index in [9.17, 15) is 0 Å². The molecule has 2 nitrogen and oxygen atoms in total. The van der Waals surface area contributed by atoms with Crippen molar-refractivity contribution in [2.75, 3.05) is 0 Å². The van der Waals surface area contributed by atoms with E-state index < -0.39 is 0 Å². The van der Waals surface area contributed by atoms with Crippen molar-refractivity contribution in [1.29, 1.82) is 0 Å². The van der Waals surface area contributed by atoms with Gasteiger partial charge in [0.15, 0.2) is 0 Å². The van der Waals surface area contributed by atoms with Crippen molar-refractivity contribution in [1.82, 2.24) is 0 Å². The van der Waals surface area contributed by atoms with Crippen LogP contribution in [-0.2, 0) is 0 Å². The highest BCUT2D eigenvalue weighted by Gasteiger charge is 2.23. The van der Waals surface area contributed by atoms with Crippen LogP contribution in [0.1, 0.15) is 35.5 Å². The van der Waals surface area contributed by atoms with Gasteiger partial charge in [-0.25, -0.2) is 0 Å². The van der Waals surface area contributed by atoms with Crippen LogP contribution in [0.5, 0.6) is 5.75 Å². The Morgan fingerprint density at radius 3 is 2.55 bits per heavy atom. The molecule has 0 saturated carbocycles. The number of rotatable bonds is 5. The highest BCUT2D eigenvalue weighted by atomic mass is 79.9. The molecule has 20 heavy (non-hydrogen) atoms. The van der Waals surface area contributed by atoms with Crippen LogP contribution in [0.4, 0.5) is 0 Å². The van der Waals surface area contributed by atoms with Crippen molar-refractivity contribution in [3.63, 3.8) is 0 Å². The summed E-state index contributed by atoms with van der Waals surface area (Å²) in [4.78, 5) is 1.22. The fourth-order valence-electron chi connectivity index (χ4n) is 2.06. The van der Waals surface area contributed by atoms with Crippen molar-refractivity contribution in [3.8, 4) is 5.75 Å². The molecule has 0 radical (unpaired) electrons. The summed E-state index contributed by atoms with van der Waals surface area (Å²) >= 11 is 5.22. The molecule has 1 heterocycles. The van der Waals surface area contributed by atoms with Gasteiger partial charge in [-0.3, -0.25) is 0 Å². The number of hydrogen-bond acceptors (Lipinski definition) is 3. The summed E-state index contributed by atoms with van der Waals surface area (Å²) in [7, 11) is 0.